The van der Waals surface area contributed by atoms with Crippen LogP contribution in [0.2, 0.25) is 0 Å². The quantitative estimate of drug-likeness (QED) is 0.0565. The van der Waals surface area contributed by atoms with E-state index in [1.54, 1.807) is 13.8 Å². The second-order valence-corrected chi connectivity index (χ2v) is 11.4. The number of carbonyl (C=O) groups is 7. The molecular formula is C29H51N7O8. The molecule has 0 aliphatic heterocycles. The summed E-state index contributed by atoms with van der Waals surface area (Å²) in [5.74, 6) is -5.31. The van der Waals surface area contributed by atoms with Crippen molar-refractivity contribution in [3.63, 3.8) is 0 Å². The minimum absolute atomic E-state index is 0.0290. The summed E-state index contributed by atoms with van der Waals surface area (Å²) in [5, 5.41) is 25.5. The number of aliphatic hydroxyl groups excluding tert-OH is 1. The van der Waals surface area contributed by atoms with Crippen LogP contribution in [0.1, 0.15) is 86.5 Å². The molecule has 0 saturated heterocycles. The zero-order valence-corrected chi connectivity index (χ0v) is 26.7. The van der Waals surface area contributed by atoms with Crippen LogP contribution < -0.4 is 37.6 Å². The maximum absolute atomic E-state index is 13.4. The third-order valence-corrected chi connectivity index (χ3v) is 7.43. The van der Waals surface area contributed by atoms with E-state index in [1.165, 1.54) is 20.8 Å². The lowest BCUT2D eigenvalue weighted by Crippen LogP contribution is -2.61. The van der Waals surface area contributed by atoms with Gasteiger partial charge in [0, 0.05) is 13.0 Å². The highest BCUT2D eigenvalue weighted by atomic mass is 16.3. The van der Waals surface area contributed by atoms with E-state index in [-0.39, 0.29) is 18.4 Å². The van der Waals surface area contributed by atoms with Crippen molar-refractivity contribution in [1.82, 2.24) is 31.9 Å². The lowest BCUT2D eigenvalue weighted by molar-refractivity contribution is -0.140. The van der Waals surface area contributed by atoms with Gasteiger partial charge in [0.1, 0.15) is 24.2 Å². The molecule has 250 valence electrons. The number of amides is 6. The van der Waals surface area contributed by atoms with Gasteiger partial charge in [-0.05, 0) is 64.8 Å². The molecule has 6 amide bonds. The van der Waals surface area contributed by atoms with Crippen molar-refractivity contribution >= 4 is 41.2 Å². The molecule has 0 aromatic carbocycles. The van der Waals surface area contributed by atoms with E-state index in [9.17, 15) is 38.7 Å². The fourth-order valence-electron chi connectivity index (χ4n) is 4.27. The first-order valence-corrected chi connectivity index (χ1v) is 15.4. The number of aliphatic hydroxyl groups is 1. The van der Waals surface area contributed by atoms with Crippen LogP contribution in [-0.2, 0) is 33.6 Å². The van der Waals surface area contributed by atoms with Gasteiger partial charge in [-0.3, -0.25) is 33.6 Å². The van der Waals surface area contributed by atoms with Crippen LogP contribution in [0.3, 0.4) is 0 Å². The van der Waals surface area contributed by atoms with Gasteiger partial charge >= 0.3 is 0 Å². The number of unbranched alkanes of at least 4 members (excludes halogenated alkanes) is 1. The third-order valence-electron chi connectivity index (χ3n) is 7.43. The van der Waals surface area contributed by atoms with Gasteiger partial charge in [0.15, 0.2) is 0 Å². The Balaban J connectivity index is 2.92. The van der Waals surface area contributed by atoms with Gasteiger partial charge < -0.3 is 42.7 Å². The number of ketones is 1. The van der Waals surface area contributed by atoms with Gasteiger partial charge in [0.2, 0.25) is 35.3 Å². The Morgan fingerprint density at radius 2 is 1.34 bits per heavy atom. The molecule has 0 unspecified atom stereocenters. The normalized spacial score (nSPS) is 17.4. The first-order valence-electron chi connectivity index (χ1n) is 15.4. The largest absolute Gasteiger partial charge is 0.391 e. The molecule has 1 aliphatic rings. The van der Waals surface area contributed by atoms with Gasteiger partial charge in [-0.25, -0.2) is 0 Å². The van der Waals surface area contributed by atoms with Crippen molar-refractivity contribution in [2.45, 2.75) is 129 Å². The summed E-state index contributed by atoms with van der Waals surface area (Å²) in [7, 11) is 0. The van der Waals surface area contributed by atoms with Crippen LogP contribution in [0.5, 0.6) is 0 Å². The monoisotopic (exact) mass is 625 g/mol. The number of nitrogens with two attached hydrogens (primary N) is 1. The van der Waals surface area contributed by atoms with Crippen molar-refractivity contribution in [2.75, 3.05) is 6.54 Å². The van der Waals surface area contributed by atoms with Crippen molar-refractivity contribution in [3.05, 3.63) is 0 Å². The van der Waals surface area contributed by atoms with Crippen LogP contribution in [0.25, 0.3) is 0 Å². The van der Waals surface area contributed by atoms with Gasteiger partial charge in [0.05, 0.1) is 12.1 Å². The first kappa shape index (κ1) is 38.4. The number of hydrogen-bond acceptors (Lipinski definition) is 9. The van der Waals surface area contributed by atoms with Crippen molar-refractivity contribution in [2.24, 2.45) is 11.7 Å². The van der Waals surface area contributed by atoms with Crippen molar-refractivity contribution in [3.8, 4) is 0 Å². The molecule has 1 saturated carbocycles. The average Bonchev–Trinajstić information content (AvgIpc) is 3.79. The van der Waals surface area contributed by atoms with Gasteiger partial charge in [-0.2, -0.15) is 0 Å². The number of carbonyl (C=O) groups excluding carboxylic acids is 7. The van der Waals surface area contributed by atoms with E-state index >= 15 is 0 Å². The van der Waals surface area contributed by atoms with E-state index < -0.39 is 77.5 Å². The summed E-state index contributed by atoms with van der Waals surface area (Å²) >= 11 is 0. The number of hydrogen-bond donors (Lipinski definition) is 8. The van der Waals surface area contributed by atoms with E-state index in [2.05, 4.69) is 31.9 Å². The number of Topliss-reactive ketones (excluding diaryl/α,β-unsaturated/α-hetero) is 1. The molecule has 0 aromatic rings. The molecule has 0 bridgehead atoms. The highest BCUT2D eigenvalue weighted by Gasteiger charge is 2.35. The summed E-state index contributed by atoms with van der Waals surface area (Å²) in [6.07, 6.45) is 2.36. The molecule has 0 heterocycles. The minimum Gasteiger partial charge on any atom is -0.391 e. The first-order chi connectivity index (χ1) is 20.7. The van der Waals surface area contributed by atoms with Gasteiger partial charge in [-0.15, -0.1) is 0 Å². The summed E-state index contributed by atoms with van der Waals surface area (Å²) in [5.41, 5.74) is 5.53. The molecule has 1 rings (SSSR count). The van der Waals surface area contributed by atoms with E-state index in [0.29, 0.717) is 32.2 Å². The molecule has 15 nitrogen and oxygen atoms in total. The Labute approximate surface area is 259 Å². The standard InChI is InChI=1S/C29H51N7O8/c1-7-15(3)22(35-26(41)21(32-18(6)38)11-9-10-14-30)27(42)36-23(17(5)37)28(43)31-16(4)25(40)34-20(8-2)24(39)29(44)33-19-12-13-19/h15-17,19-23,37H,7-14,30H2,1-6H3,(H,31,43)(H,32,38)(H,33,44)(H,34,40)(H,35,41)(H,36,42)/t15-,16-,17+,20-,21-,22-,23-/m0/s1. The molecule has 0 aromatic heterocycles. The maximum Gasteiger partial charge on any atom is 0.289 e. The fraction of sp³-hybridized carbons (Fsp3) is 0.759. The molecule has 9 N–H and O–H groups in total. The average molecular weight is 626 g/mol. The second kappa shape index (κ2) is 18.9. The Morgan fingerprint density at radius 1 is 0.750 bits per heavy atom. The van der Waals surface area contributed by atoms with Crippen LogP contribution >= 0.6 is 0 Å². The van der Waals surface area contributed by atoms with Gasteiger partial charge in [-0.1, -0.05) is 27.2 Å². The Bertz CT molecular complexity index is 1030. The van der Waals surface area contributed by atoms with Crippen molar-refractivity contribution in [1.29, 1.82) is 0 Å². The van der Waals surface area contributed by atoms with Crippen LogP contribution in [0.4, 0.5) is 0 Å². The smallest absolute Gasteiger partial charge is 0.289 e. The van der Waals surface area contributed by atoms with Gasteiger partial charge in [0.25, 0.3) is 5.91 Å². The van der Waals surface area contributed by atoms with E-state index in [1.807, 2.05) is 6.92 Å². The van der Waals surface area contributed by atoms with Crippen LogP contribution in [0, 0.1) is 5.92 Å². The predicted molar refractivity (Wildman–Crippen MR) is 162 cm³/mol. The highest BCUT2D eigenvalue weighted by molar-refractivity contribution is 6.38. The third kappa shape index (κ3) is 13.0. The fourth-order valence-corrected chi connectivity index (χ4v) is 4.27. The topological polar surface area (TPSA) is 238 Å². The van der Waals surface area contributed by atoms with Crippen LogP contribution in [-0.4, -0.2) is 95.2 Å². The Hall–Kier alpha value is -3.59. The summed E-state index contributed by atoms with van der Waals surface area (Å²) in [4.78, 5) is 88.6. The zero-order chi connectivity index (χ0) is 33.6. The minimum atomic E-state index is -1.50. The highest BCUT2D eigenvalue weighted by Crippen LogP contribution is 2.18. The molecule has 0 radical (unpaired) electrons. The molecule has 1 aliphatic carbocycles. The second-order valence-electron chi connectivity index (χ2n) is 11.4. The summed E-state index contributed by atoms with van der Waals surface area (Å²) < 4.78 is 0. The Kier molecular flexibility index (Phi) is 16.5. The lowest BCUT2D eigenvalue weighted by atomic mass is 9.96. The predicted octanol–water partition coefficient (Wildman–Crippen LogP) is -1.74. The molecule has 0 spiro atoms. The molecule has 44 heavy (non-hydrogen) atoms. The van der Waals surface area contributed by atoms with Crippen molar-refractivity contribution < 1.29 is 38.7 Å². The Morgan fingerprint density at radius 3 is 1.84 bits per heavy atom. The van der Waals surface area contributed by atoms with E-state index in [0.717, 1.165) is 12.8 Å². The maximum atomic E-state index is 13.4. The molecule has 7 atom stereocenters. The van der Waals surface area contributed by atoms with Crippen LogP contribution in [0.15, 0.2) is 0 Å². The lowest BCUT2D eigenvalue weighted by Gasteiger charge is -2.29. The SMILES string of the molecule is CC[C@H](NC(=O)[C@H](C)NC(=O)[C@@H](NC(=O)[C@@H](NC(=O)[C@H](CCCCN)NC(C)=O)[C@@H](C)CC)[C@@H](C)O)C(=O)C(=O)NC1CC1. The number of rotatable bonds is 20. The molecular weight excluding hydrogens is 574 g/mol. The molecule has 1 fully saturated rings. The molecule has 15 heteroatoms. The number of nitrogens with one attached hydrogen (secondary N) is 6. The summed E-state index contributed by atoms with van der Waals surface area (Å²) in [6, 6.07) is -5.81. The zero-order valence-electron chi connectivity index (χ0n) is 26.7. The van der Waals surface area contributed by atoms with E-state index in [4.69, 9.17) is 5.73 Å². The summed E-state index contributed by atoms with van der Waals surface area (Å²) in [6.45, 7) is 9.50.